The lowest BCUT2D eigenvalue weighted by molar-refractivity contribution is -0.142. The van der Waals surface area contributed by atoms with Crippen LogP contribution in [0, 0.1) is 13.8 Å². The maximum absolute atomic E-state index is 13.6. The molecule has 0 unspecified atom stereocenters. The van der Waals surface area contributed by atoms with E-state index in [2.05, 4.69) is 60.9 Å². The molecule has 0 atom stereocenters. The van der Waals surface area contributed by atoms with E-state index in [0.29, 0.717) is 34.4 Å². The molecule has 9 aromatic rings. The average molecular weight is 1190 g/mol. The quantitative estimate of drug-likeness (QED) is 0.0505. The van der Waals surface area contributed by atoms with E-state index >= 15 is 0 Å². The third kappa shape index (κ3) is 13.3. The zero-order valence-corrected chi connectivity index (χ0v) is 45.7. The number of carboxylic acids is 1. The first-order valence-electron chi connectivity index (χ1n) is 23.8. The Hall–Kier alpha value is -10.6. The molecule has 0 aliphatic heterocycles. The smallest absolute Gasteiger partial charge is 0.435 e. The van der Waals surface area contributed by atoms with Gasteiger partial charge in [-0.1, -0.05) is 0 Å². The van der Waals surface area contributed by atoms with Crippen LogP contribution in [0.4, 0.5) is 49.6 Å². The van der Waals surface area contributed by atoms with Gasteiger partial charge in [0.25, 0.3) is 15.9 Å². The van der Waals surface area contributed by atoms with Crippen molar-refractivity contribution in [2.75, 3.05) is 53.3 Å². The van der Waals surface area contributed by atoms with Gasteiger partial charge in [-0.05, 0) is 38.1 Å². The number of methoxy groups -OCH3 is 6. The average Bonchev–Trinajstić information content (AvgIpc) is 4.03. The second kappa shape index (κ2) is 24.2. The zero-order valence-electron chi connectivity index (χ0n) is 44.9. The van der Waals surface area contributed by atoms with Gasteiger partial charge >= 0.3 is 18.3 Å². The number of halogens is 6. The summed E-state index contributed by atoms with van der Waals surface area (Å²) in [7, 11) is 4.05. The van der Waals surface area contributed by atoms with Crippen molar-refractivity contribution in [1.82, 2.24) is 64.4 Å². The number of H-pyrrole nitrogens is 1. The van der Waals surface area contributed by atoms with Gasteiger partial charge in [0.15, 0.2) is 23.0 Å². The summed E-state index contributed by atoms with van der Waals surface area (Å²) in [4.78, 5) is 50.2. The number of aromatic nitrogens is 12. The zero-order chi connectivity index (χ0) is 60.8. The van der Waals surface area contributed by atoms with Gasteiger partial charge in [0, 0.05) is 112 Å². The van der Waals surface area contributed by atoms with Gasteiger partial charge < -0.3 is 44.2 Å². The summed E-state index contributed by atoms with van der Waals surface area (Å²) < 4.78 is 142. The summed E-state index contributed by atoms with van der Waals surface area (Å²) in [6.45, 7) is 2.84. The van der Waals surface area contributed by atoms with Crippen molar-refractivity contribution in [1.29, 1.82) is 0 Å². The van der Waals surface area contributed by atoms with Crippen LogP contribution in [-0.2, 0) is 22.4 Å². The number of sulfonamides is 1. The first-order chi connectivity index (χ1) is 39.9. The lowest BCUT2D eigenvalue weighted by Crippen LogP contribution is -2.30. The molecule has 0 aliphatic rings. The number of aryl methyl sites for hydroxylation is 2. The number of nitrogens with one attached hydrogen (secondary N) is 4. The number of amides is 1. The van der Waals surface area contributed by atoms with Crippen LogP contribution in [-0.4, -0.2) is 128 Å². The minimum absolute atomic E-state index is 0.0162. The molecule has 84 heavy (non-hydrogen) atoms. The second-order valence-corrected chi connectivity index (χ2v) is 18.9. The van der Waals surface area contributed by atoms with Gasteiger partial charge in [-0.2, -0.15) is 51.6 Å². The van der Waals surface area contributed by atoms with Crippen molar-refractivity contribution in [3.63, 3.8) is 0 Å². The number of hydrogen-bond donors (Lipinski definition) is 5. The Bertz CT molecular complexity index is 3990. The number of nitrogens with zero attached hydrogens (tertiary/aromatic N) is 11. The summed E-state index contributed by atoms with van der Waals surface area (Å²) >= 11 is 0. The van der Waals surface area contributed by atoms with Crippen LogP contribution in [0.25, 0.3) is 33.9 Å². The molecule has 0 fully saturated rings. The van der Waals surface area contributed by atoms with Gasteiger partial charge in [-0.15, -0.1) is 0 Å². The Morgan fingerprint density at radius 1 is 0.560 bits per heavy atom. The number of benzene rings is 2. The van der Waals surface area contributed by atoms with Crippen LogP contribution in [0.15, 0.2) is 103 Å². The number of aromatic carboxylic acids is 1. The Balaban J connectivity index is 0.000000223. The van der Waals surface area contributed by atoms with Gasteiger partial charge in [0.05, 0.1) is 48.9 Å². The lowest BCUT2D eigenvalue weighted by atomic mass is 10.1. The molecule has 0 bridgehead atoms. The van der Waals surface area contributed by atoms with E-state index in [9.17, 15) is 49.5 Å². The molecule has 0 radical (unpaired) electrons. The molecule has 0 saturated carbocycles. The number of aromatic amines is 1. The molecule has 2 aromatic carbocycles. The molecule has 438 valence electrons. The van der Waals surface area contributed by atoms with Gasteiger partial charge in [0.1, 0.15) is 39.0 Å². The lowest BCUT2D eigenvalue weighted by Gasteiger charge is -2.15. The van der Waals surface area contributed by atoms with Crippen molar-refractivity contribution >= 4 is 45.2 Å². The minimum Gasteiger partial charge on any atom is -0.497 e. The highest BCUT2D eigenvalue weighted by molar-refractivity contribution is 7.90. The Kier molecular flexibility index (Phi) is 17.2. The van der Waals surface area contributed by atoms with Crippen LogP contribution >= 0.6 is 0 Å². The molecule has 26 nitrogen and oxygen atoms in total. The van der Waals surface area contributed by atoms with Crippen molar-refractivity contribution < 1.29 is 77.9 Å². The molecule has 9 rings (SSSR count). The standard InChI is InChI=1S/C27H24F3N9O6S.C24H21F3N6O5/c1-14-5-22(27(28,29)30)37-39(14)23-21(13-32-26(36-23)35-16-7-17(43-2)9-18(8-16)44-3)15-6-20(25(45-4)31-10-15)24(40)38-46(41,42)19-11-33-34-12-19;1-12-5-19(24(25,26)27)32-33(12)20-18(13-6-17(22(34)35)21(38-4)28-10-13)11-29-23(31-20)30-14-7-15(36-2)9-16(8-14)37-3/h5-13H,1-4H3,(H,33,34)(H,38,40)(H,32,35,36);5-11H,1-4H3,(H,34,35)(H,29,30,31). The molecule has 7 heterocycles. The van der Waals surface area contributed by atoms with E-state index in [0.717, 1.165) is 33.9 Å². The topological polar surface area (TPSA) is 322 Å². The van der Waals surface area contributed by atoms with Crippen molar-refractivity contribution in [3.05, 3.63) is 132 Å². The Labute approximate surface area is 470 Å². The largest absolute Gasteiger partial charge is 0.497 e. The Morgan fingerprint density at radius 2 is 0.976 bits per heavy atom. The van der Waals surface area contributed by atoms with E-state index in [1.807, 2.05) is 4.72 Å². The number of carbonyl (C=O) groups is 2. The maximum Gasteiger partial charge on any atom is 0.435 e. The van der Waals surface area contributed by atoms with Crippen molar-refractivity contribution in [2.45, 2.75) is 31.1 Å². The van der Waals surface area contributed by atoms with E-state index < -0.39 is 45.6 Å². The van der Waals surface area contributed by atoms with E-state index in [-0.39, 0.29) is 85.0 Å². The van der Waals surface area contributed by atoms with E-state index in [4.69, 9.17) is 28.4 Å². The summed E-state index contributed by atoms with van der Waals surface area (Å²) in [6.07, 6.45) is -2.21. The molecule has 1 amide bonds. The summed E-state index contributed by atoms with van der Waals surface area (Å²) in [5.74, 6) is -1.12. The second-order valence-electron chi connectivity index (χ2n) is 17.2. The summed E-state index contributed by atoms with van der Waals surface area (Å²) in [6, 6.07) is 14.0. The van der Waals surface area contributed by atoms with E-state index in [1.54, 1.807) is 36.4 Å². The Morgan fingerprint density at radius 3 is 1.33 bits per heavy atom. The first-order valence-corrected chi connectivity index (χ1v) is 25.3. The highest BCUT2D eigenvalue weighted by Gasteiger charge is 2.37. The predicted octanol–water partition coefficient (Wildman–Crippen LogP) is 8.18. The van der Waals surface area contributed by atoms with E-state index in [1.165, 1.54) is 93.4 Å². The molecule has 0 spiro atoms. The monoisotopic (exact) mass is 1190 g/mol. The maximum atomic E-state index is 13.6. The fourth-order valence-corrected chi connectivity index (χ4v) is 8.60. The molecular formula is C51H45F6N15O11S. The molecule has 0 saturated heterocycles. The molecule has 7 aromatic heterocycles. The van der Waals surface area contributed by atoms with Crippen LogP contribution in [0.1, 0.15) is 43.5 Å². The summed E-state index contributed by atoms with van der Waals surface area (Å²) in [5, 5.41) is 28.8. The fraction of sp³-hybridized carbons (Fsp3) is 0.196. The number of rotatable bonds is 18. The molecule has 0 aliphatic carbocycles. The number of ether oxygens (including phenoxy) is 6. The van der Waals surface area contributed by atoms with Gasteiger partial charge in [-0.3, -0.25) is 9.89 Å². The first kappa shape index (κ1) is 59.5. The van der Waals surface area contributed by atoms with Crippen LogP contribution in [0.2, 0.25) is 0 Å². The van der Waals surface area contributed by atoms with Crippen molar-refractivity contribution in [3.8, 4) is 68.6 Å². The van der Waals surface area contributed by atoms with Gasteiger partial charge in [0.2, 0.25) is 23.7 Å². The molecular weight excluding hydrogens is 1140 g/mol. The number of anilines is 4. The third-order valence-electron chi connectivity index (χ3n) is 11.7. The van der Waals surface area contributed by atoms with Crippen molar-refractivity contribution in [2.24, 2.45) is 0 Å². The number of alkyl halides is 6. The van der Waals surface area contributed by atoms with Gasteiger partial charge in [-0.25, -0.2) is 47.2 Å². The normalized spacial score (nSPS) is 11.5. The summed E-state index contributed by atoms with van der Waals surface area (Å²) in [5.41, 5.74) is -1.11. The number of pyridine rings is 2. The number of carbonyl (C=O) groups excluding carboxylic acids is 1. The minimum atomic E-state index is -4.76. The SMILES string of the molecule is COc1cc(Nc2ncc(-c3cnc(OC)c(C(=O)NS(=O)(=O)c4cn[nH]c4)c3)c(-n3nc(C(F)(F)F)cc3C)n2)cc(OC)c1.COc1cc(Nc2ncc(-c3cnc(OC)c(C(=O)O)c3)c(-n3nc(C(F)(F)F)cc3C)n2)cc(OC)c1. The fourth-order valence-electron chi connectivity index (χ4n) is 7.73. The van der Waals surface area contributed by atoms with Crippen LogP contribution in [0.5, 0.6) is 34.8 Å². The highest BCUT2D eigenvalue weighted by Crippen LogP contribution is 2.37. The number of hydrogen-bond acceptors (Lipinski definition) is 21. The highest BCUT2D eigenvalue weighted by atomic mass is 32.2. The number of carboxylic acid groups (broad SMARTS) is 1. The molecule has 33 heteroatoms. The molecule has 5 N–H and O–H groups in total. The van der Waals surface area contributed by atoms with Crippen LogP contribution < -0.4 is 43.8 Å². The predicted molar refractivity (Wildman–Crippen MR) is 283 cm³/mol. The van der Waals surface area contributed by atoms with Crippen LogP contribution in [0.3, 0.4) is 0 Å². The third-order valence-corrected chi connectivity index (χ3v) is 13.0.